The molecule has 8 N–H and O–H groups in total. The van der Waals surface area contributed by atoms with Crippen LogP contribution in [0.15, 0.2) is 74.8 Å². The number of hydrogen-bond donors (Lipinski definition) is 8. The summed E-state index contributed by atoms with van der Waals surface area (Å²) in [6.45, 7) is 6.67. The molecule has 4 heterocycles. The highest BCUT2D eigenvalue weighted by atomic mass is 16.3. The van der Waals surface area contributed by atoms with Crippen molar-refractivity contribution in [2.75, 3.05) is 65.4 Å². The second-order valence-corrected chi connectivity index (χ2v) is 14.2. The molecule has 4 rings (SSSR count). The summed E-state index contributed by atoms with van der Waals surface area (Å²) in [6.07, 6.45) is 6.11. The van der Waals surface area contributed by atoms with Crippen LogP contribution in [0.1, 0.15) is 43.1 Å². The first-order valence-electron chi connectivity index (χ1n) is 19.2. The second-order valence-electron chi connectivity index (χ2n) is 14.2. The smallest absolute Gasteiger partial charge is 0.293 e. The standard InChI is InChI=1S/C40H52N10O11/c1-25(26-7-17-45(2)37(58)30(26)51)41-11-21-49(22-12-42-34(55)27-8-18-46(3)38(59)31(27)52)15-6-16-50(23-13-43-35(56)28-9-19-47(4)39(60)32(28)53)24-14-44-36(57)29-10-20-48(5)40(61)33(29)54/h7-10,17-20,41,51-54H,1,6,11-16,21-24H2,2-5H3,(H,42,55)(H,43,56)(H,44,57). The number of hydrogen-bond acceptors (Lipinski definition) is 14. The van der Waals surface area contributed by atoms with Crippen molar-refractivity contribution in [1.82, 2.24) is 49.3 Å². The molecule has 0 bridgehead atoms. The van der Waals surface area contributed by atoms with E-state index in [0.29, 0.717) is 44.8 Å². The third-order valence-electron chi connectivity index (χ3n) is 9.89. The van der Waals surface area contributed by atoms with Crippen LogP contribution in [0.4, 0.5) is 0 Å². The van der Waals surface area contributed by atoms with Gasteiger partial charge in [-0.15, -0.1) is 0 Å². The van der Waals surface area contributed by atoms with Gasteiger partial charge in [-0.3, -0.25) is 43.4 Å². The lowest BCUT2D eigenvalue weighted by Gasteiger charge is -2.27. The zero-order chi connectivity index (χ0) is 45.0. The zero-order valence-electron chi connectivity index (χ0n) is 34.4. The molecule has 0 saturated carbocycles. The Hall–Kier alpha value is -7.13. The summed E-state index contributed by atoms with van der Waals surface area (Å²) in [5, 5.41) is 52.3. The van der Waals surface area contributed by atoms with Gasteiger partial charge in [-0.2, -0.15) is 0 Å². The average Bonchev–Trinajstić information content (AvgIpc) is 3.22. The topological polar surface area (TPSA) is 275 Å². The molecule has 328 valence electrons. The number of rotatable bonds is 21. The van der Waals surface area contributed by atoms with E-state index in [1.54, 1.807) is 6.07 Å². The highest BCUT2D eigenvalue weighted by Crippen LogP contribution is 2.17. The van der Waals surface area contributed by atoms with Gasteiger partial charge in [-0.25, -0.2) is 0 Å². The molecule has 0 saturated heterocycles. The van der Waals surface area contributed by atoms with Crippen molar-refractivity contribution < 1.29 is 34.8 Å². The number of aromatic hydroxyl groups is 4. The Morgan fingerprint density at radius 3 is 1.05 bits per heavy atom. The Labute approximate surface area is 349 Å². The maximum atomic E-state index is 12.9. The van der Waals surface area contributed by atoms with Gasteiger partial charge in [0.15, 0.2) is 23.0 Å². The van der Waals surface area contributed by atoms with Crippen molar-refractivity contribution in [3.05, 3.63) is 119 Å². The van der Waals surface area contributed by atoms with E-state index >= 15 is 0 Å². The predicted molar refractivity (Wildman–Crippen MR) is 225 cm³/mol. The predicted octanol–water partition coefficient (Wildman–Crippen LogP) is -1.85. The van der Waals surface area contributed by atoms with E-state index in [2.05, 4.69) is 27.8 Å². The van der Waals surface area contributed by atoms with E-state index in [-0.39, 0.29) is 55.0 Å². The molecule has 0 aliphatic carbocycles. The molecule has 0 spiro atoms. The minimum Gasteiger partial charge on any atom is -0.503 e. The van der Waals surface area contributed by atoms with Crippen molar-refractivity contribution in [2.24, 2.45) is 28.2 Å². The number of pyridine rings is 4. The molecular weight excluding hydrogens is 796 g/mol. The van der Waals surface area contributed by atoms with Gasteiger partial charge >= 0.3 is 0 Å². The largest absolute Gasteiger partial charge is 0.503 e. The van der Waals surface area contributed by atoms with Crippen LogP contribution < -0.4 is 43.5 Å². The number of amides is 3. The van der Waals surface area contributed by atoms with Gasteiger partial charge in [-0.1, -0.05) is 6.58 Å². The summed E-state index contributed by atoms with van der Waals surface area (Å²) >= 11 is 0. The van der Waals surface area contributed by atoms with Crippen LogP contribution in [0, 0.1) is 0 Å². The minimum absolute atomic E-state index is 0.0869. The van der Waals surface area contributed by atoms with Gasteiger partial charge < -0.3 is 60.0 Å². The fourth-order valence-corrected chi connectivity index (χ4v) is 6.17. The third-order valence-corrected chi connectivity index (χ3v) is 9.89. The van der Waals surface area contributed by atoms with Crippen LogP contribution in [0.2, 0.25) is 0 Å². The fraction of sp³-hybridized carbons (Fsp3) is 0.375. The Balaban J connectivity index is 1.43. The molecular formula is C40H52N10O11. The Morgan fingerprint density at radius 1 is 0.475 bits per heavy atom. The first kappa shape index (κ1) is 46.6. The SMILES string of the molecule is C=C(NCCN(CCCN(CCNC(=O)c1ccn(C)c(=O)c1O)CCNC(=O)c1ccn(C)c(=O)c1O)CCNC(=O)c1ccn(C)c(=O)c1O)c1ccn(C)c(=O)c1O. The Morgan fingerprint density at radius 2 is 0.738 bits per heavy atom. The molecule has 21 nitrogen and oxygen atoms in total. The lowest BCUT2D eigenvalue weighted by molar-refractivity contribution is 0.0935. The monoisotopic (exact) mass is 848 g/mol. The summed E-state index contributed by atoms with van der Waals surface area (Å²) in [4.78, 5) is 91.4. The molecule has 0 aromatic carbocycles. The van der Waals surface area contributed by atoms with Gasteiger partial charge in [0.2, 0.25) is 0 Å². The van der Waals surface area contributed by atoms with Crippen molar-refractivity contribution in [1.29, 1.82) is 0 Å². The highest BCUT2D eigenvalue weighted by Gasteiger charge is 2.19. The quantitative estimate of drug-likeness (QED) is 0.0458. The zero-order valence-corrected chi connectivity index (χ0v) is 34.4. The Bertz CT molecular complexity index is 2170. The van der Waals surface area contributed by atoms with E-state index < -0.39 is 63.0 Å². The average molecular weight is 849 g/mol. The maximum absolute atomic E-state index is 12.9. The summed E-state index contributed by atoms with van der Waals surface area (Å²) in [5.41, 5.74) is -2.78. The molecule has 0 aliphatic rings. The van der Waals surface area contributed by atoms with E-state index in [9.17, 15) is 54.0 Å². The van der Waals surface area contributed by atoms with Gasteiger partial charge in [0.25, 0.3) is 40.0 Å². The van der Waals surface area contributed by atoms with Crippen LogP contribution in [0.5, 0.6) is 23.0 Å². The van der Waals surface area contributed by atoms with Gasteiger partial charge in [-0.05, 0) is 43.8 Å². The number of carbonyl (C=O) groups excluding carboxylic acids is 3. The van der Waals surface area contributed by atoms with Crippen LogP contribution in [0.25, 0.3) is 5.70 Å². The normalized spacial score (nSPS) is 11.1. The van der Waals surface area contributed by atoms with Crippen molar-refractivity contribution in [3.63, 3.8) is 0 Å². The van der Waals surface area contributed by atoms with Crippen molar-refractivity contribution >= 4 is 23.4 Å². The lowest BCUT2D eigenvalue weighted by Crippen LogP contribution is -2.42. The molecule has 61 heavy (non-hydrogen) atoms. The molecule has 3 amide bonds. The number of aromatic nitrogens is 4. The maximum Gasteiger partial charge on any atom is 0.293 e. The Kier molecular flexibility index (Phi) is 16.2. The molecule has 21 heteroatoms. The molecule has 0 fully saturated rings. The first-order valence-corrected chi connectivity index (χ1v) is 19.2. The second kappa shape index (κ2) is 21.2. The molecule has 0 unspecified atom stereocenters. The molecule has 4 aromatic heterocycles. The molecule has 0 radical (unpaired) electrons. The van der Waals surface area contributed by atoms with E-state index in [4.69, 9.17) is 0 Å². The number of nitrogens with one attached hydrogen (secondary N) is 4. The van der Waals surface area contributed by atoms with E-state index in [0.717, 1.165) is 13.7 Å². The van der Waals surface area contributed by atoms with Crippen LogP contribution in [0.3, 0.4) is 0 Å². The number of nitrogens with zero attached hydrogens (tertiary/aromatic N) is 6. The minimum atomic E-state index is -0.732. The number of aryl methyl sites for hydroxylation is 4. The van der Waals surface area contributed by atoms with Gasteiger partial charge in [0, 0.05) is 117 Å². The van der Waals surface area contributed by atoms with Crippen LogP contribution in [-0.4, -0.2) is 132 Å². The van der Waals surface area contributed by atoms with Gasteiger partial charge in [0.1, 0.15) is 0 Å². The van der Waals surface area contributed by atoms with Crippen molar-refractivity contribution in [3.8, 4) is 23.0 Å². The summed E-state index contributed by atoms with van der Waals surface area (Å²) < 4.78 is 4.64. The third kappa shape index (κ3) is 12.0. The fourth-order valence-electron chi connectivity index (χ4n) is 6.17. The van der Waals surface area contributed by atoms with Crippen LogP contribution >= 0.6 is 0 Å². The van der Waals surface area contributed by atoms with E-state index in [1.807, 2.05) is 9.80 Å². The number of carbonyl (C=O) groups is 3. The van der Waals surface area contributed by atoms with Crippen LogP contribution in [-0.2, 0) is 28.2 Å². The molecule has 0 aliphatic heterocycles. The first-order chi connectivity index (χ1) is 28.9. The van der Waals surface area contributed by atoms with Gasteiger partial charge in [0.05, 0.1) is 16.7 Å². The lowest BCUT2D eigenvalue weighted by atomic mass is 10.2. The van der Waals surface area contributed by atoms with Crippen molar-refractivity contribution in [2.45, 2.75) is 6.42 Å². The molecule has 4 aromatic rings. The highest BCUT2D eigenvalue weighted by molar-refractivity contribution is 5.97. The van der Waals surface area contributed by atoms with E-state index in [1.165, 1.54) is 75.7 Å². The molecule has 0 atom stereocenters. The summed E-state index contributed by atoms with van der Waals surface area (Å²) in [7, 11) is 5.82. The summed E-state index contributed by atoms with van der Waals surface area (Å²) in [6, 6.07) is 5.52. The summed E-state index contributed by atoms with van der Waals surface area (Å²) in [5.74, 6) is -4.49.